The van der Waals surface area contributed by atoms with Crippen LogP contribution in [0.15, 0.2) is 24.8 Å². The molecule has 0 aromatic heterocycles. The molecule has 0 aliphatic rings. The largest absolute Gasteiger partial charge is 0.103 e. The van der Waals surface area contributed by atoms with E-state index in [4.69, 9.17) is 0 Å². The maximum Gasteiger partial charge on any atom is -0.0316 e. The van der Waals surface area contributed by atoms with Crippen LogP contribution in [0.5, 0.6) is 0 Å². The SMILES string of the molecule is C=CCC/C=C/CCCCC. The van der Waals surface area contributed by atoms with E-state index in [-0.39, 0.29) is 0 Å². The number of hydrogen-bond acceptors (Lipinski definition) is 0. The van der Waals surface area contributed by atoms with Crippen LogP contribution in [0.2, 0.25) is 0 Å². The molecule has 0 rings (SSSR count). The van der Waals surface area contributed by atoms with E-state index >= 15 is 0 Å². The Labute approximate surface area is 71.0 Å². The molecule has 0 N–H and O–H groups in total. The van der Waals surface area contributed by atoms with Gasteiger partial charge in [-0.25, -0.2) is 0 Å². The Morgan fingerprint density at radius 2 is 1.73 bits per heavy atom. The average molecular weight is 152 g/mol. The minimum atomic E-state index is 1.12. The molecule has 0 fully saturated rings. The van der Waals surface area contributed by atoms with Crippen LogP contribution in [0.25, 0.3) is 0 Å². The van der Waals surface area contributed by atoms with Crippen LogP contribution in [0.1, 0.15) is 45.4 Å². The van der Waals surface area contributed by atoms with Crippen molar-refractivity contribution in [3.05, 3.63) is 24.8 Å². The summed E-state index contributed by atoms with van der Waals surface area (Å²) in [5.41, 5.74) is 0. The maximum atomic E-state index is 3.67. The Morgan fingerprint density at radius 1 is 1.00 bits per heavy atom. The second kappa shape index (κ2) is 9.48. The Morgan fingerprint density at radius 3 is 2.36 bits per heavy atom. The lowest BCUT2D eigenvalue weighted by molar-refractivity contribution is 0.728. The van der Waals surface area contributed by atoms with Gasteiger partial charge in [-0.15, -0.1) is 6.58 Å². The van der Waals surface area contributed by atoms with Crippen molar-refractivity contribution in [3.8, 4) is 0 Å². The van der Waals surface area contributed by atoms with Crippen molar-refractivity contribution in [1.29, 1.82) is 0 Å². The van der Waals surface area contributed by atoms with Gasteiger partial charge in [0.05, 0.1) is 0 Å². The standard InChI is InChI=1S/C11H20/c1-3-5-7-9-11-10-8-6-4-2/h3,9,11H,1,4-8,10H2,2H3/b11-9+. The number of unbranched alkanes of at least 4 members (excludes halogenated alkanes) is 4. The lowest BCUT2D eigenvalue weighted by Crippen LogP contribution is -1.70. The van der Waals surface area contributed by atoms with E-state index in [0.717, 1.165) is 12.8 Å². The van der Waals surface area contributed by atoms with E-state index < -0.39 is 0 Å². The quantitative estimate of drug-likeness (QED) is 0.381. The Hall–Kier alpha value is -0.520. The van der Waals surface area contributed by atoms with Crippen LogP contribution in [0, 0.1) is 0 Å². The summed E-state index contributed by atoms with van der Waals surface area (Å²) < 4.78 is 0. The number of rotatable bonds is 7. The summed E-state index contributed by atoms with van der Waals surface area (Å²) in [5.74, 6) is 0. The first-order chi connectivity index (χ1) is 5.41. The van der Waals surface area contributed by atoms with Gasteiger partial charge in [0, 0.05) is 0 Å². The molecule has 0 saturated carbocycles. The van der Waals surface area contributed by atoms with Gasteiger partial charge in [0.25, 0.3) is 0 Å². The van der Waals surface area contributed by atoms with Crippen molar-refractivity contribution in [2.75, 3.05) is 0 Å². The predicted molar refractivity (Wildman–Crippen MR) is 52.7 cm³/mol. The zero-order valence-corrected chi connectivity index (χ0v) is 7.68. The van der Waals surface area contributed by atoms with E-state index in [1.165, 1.54) is 25.7 Å². The van der Waals surface area contributed by atoms with E-state index in [0.29, 0.717) is 0 Å². The molecule has 0 radical (unpaired) electrons. The first kappa shape index (κ1) is 10.5. The molecule has 0 amide bonds. The smallest absolute Gasteiger partial charge is 0.0316 e. The summed E-state index contributed by atoms with van der Waals surface area (Å²) in [6.07, 6.45) is 14.1. The van der Waals surface area contributed by atoms with Gasteiger partial charge in [0.15, 0.2) is 0 Å². The number of allylic oxidation sites excluding steroid dienone is 3. The molecule has 0 aliphatic heterocycles. The minimum Gasteiger partial charge on any atom is -0.103 e. The first-order valence-corrected chi connectivity index (χ1v) is 4.67. The summed E-state index contributed by atoms with van der Waals surface area (Å²) in [4.78, 5) is 0. The zero-order chi connectivity index (χ0) is 8.36. The lowest BCUT2D eigenvalue weighted by Gasteiger charge is -1.91. The molecule has 0 aromatic rings. The second-order valence-electron chi connectivity index (χ2n) is 2.83. The third-order valence-electron chi connectivity index (χ3n) is 1.68. The Balaban J connectivity index is 2.97. The van der Waals surface area contributed by atoms with E-state index in [1.807, 2.05) is 6.08 Å². The average Bonchev–Trinajstić information content (AvgIpc) is 2.03. The van der Waals surface area contributed by atoms with Crippen molar-refractivity contribution >= 4 is 0 Å². The van der Waals surface area contributed by atoms with Gasteiger partial charge in [-0.2, -0.15) is 0 Å². The molecule has 0 atom stereocenters. The van der Waals surface area contributed by atoms with E-state index in [1.54, 1.807) is 0 Å². The molecular weight excluding hydrogens is 132 g/mol. The summed E-state index contributed by atoms with van der Waals surface area (Å²) in [6.45, 7) is 5.91. The van der Waals surface area contributed by atoms with Gasteiger partial charge in [-0.1, -0.05) is 38.0 Å². The molecule has 0 bridgehead atoms. The van der Waals surface area contributed by atoms with Gasteiger partial charge >= 0.3 is 0 Å². The Bertz CT molecular complexity index is 101. The highest BCUT2D eigenvalue weighted by atomic mass is 13.9. The molecule has 0 nitrogen and oxygen atoms in total. The van der Waals surface area contributed by atoms with Crippen molar-refractivity contribution < 1.29 is 0 Å². The highest BCUT2D eigenvalue weighted by molar-refractivity contribution is 4.84. The van der Waals surface area contributed by atoms with Crippen LogP contribution < -0.4 is 0 Å². The number of hydrogen-bond donors (Lipinski definition) is 0. The third kappa shape index (κ3) is 9.48. The van der Waals surface area contributed by atoms with Crippen molar-refractivity contribution in [2.24, 2.45) is 0 Å². The van der Waals surface area contributed by atoms with E-state index in [2.05, 4.69) is 25.7 Å². The van der Waals surface area contributed by atoms with Crippen LogP contribution in [0.4, 0.5) is 0 Å². The van der Waals surface area contributed by atoms with Gasteiger partial charge in [-0.3, -0.25) is 0 Å². The summed E-state index contributed by atoms with van der Waals surface area (Å²) in [6, 6.07) is 0. The van der Waals surface area contributed by atoms with Crippen LogP contribution in [-0.4, -0.2) is 0 Å². The summed E-state index contributed by atoms with van der Waals surface area (Å²) in [5, 5.41) is 0. The molecule has 0 heteroatoms. The topological polar surface area (TPSA) is 0 Å². The third-order valence-corrected chi connectivity index (χ3v) is 1.68. The summed E-state index contributed by atoms with van der Waals surface area (Å²) >= 11 is 0. The van der Waals surface area contributed by atoms with Crippen LogP contribution in [0.3, 0.4) is 0 Å². The fraction of sp³-hybridized carbons (Fsp3) is 0.636. The fourth-order valence-corrected chi connectivity index (χ4v) is 0.962. The van der Waals surface area contributed by atoms with Gasteiger partial charge in [0.2, 0.25) is 0 Å². The van der Waals surface area contributed by atoms with Gasteiger partial charge in [-0.05, 0) is 25.7 Å². The normalized spacial score (nSPS) is 10.6. The maximum absolute atomic E-state index is 3.67. The zero-order valence-electron chi connectivity index (χ0n) is 7.68. The van der Waals surface area contributed by atoms with E-state index in [9.17, 15) is 0 Å². The molecule has 0 aliphatic carbocycles. The Kier molecular flexibility index (Phi) is 9.03. The van der Waals surface area contributed by atoms with Gasteiger partial charge in [0.1, 0.15) is 0 Å². The van der Waals surface area contributed by atoms with Crippen LogP contribution in [-0.2, 0) is 0 Å². The first-order valence-electron chi connectivity index (χ1n) is 4.67. The summed E-state index contributed by atoms with van der Waals surface area (Å²) in [7, 11) is 0. The molecule has 0 spiro atoms. The van der Waals surface area contributed by atoms with Crippen LogP contribution >= 0.6 is 0 Å². The molecule has 0 unspecified atom stereocenters. The van der Waals surface area contributed by atoms with Crippen molar-refractivity contribution in [2.45, 2.75) is 45.4 Å². The second-order valence-corrected chi connectivity index (χ2v) is 2.83. The molecule has 11 heavy (non-hydrogen) atoms. The fourth-order valence-electron chi connectivity index (χ4n) is 0.962. The molecular formula is C11H20. The monoisotopic (exact) mass is 152 g/mol. The van der Waals surface area contributed by atoms with Crippen molar-refractivity contribution in [1.82, 2.24) is 0 Å². The lowest BCUT2D eigenvalue weighted by atomic mass is 10.2. The highest BCUT2D eigenvalue weighted by Crippen LogP contribution is 2.00. The van der Waals surface area contributed by atoms with Crippen molar-refractivity contribution in [3.63, 3.8) is 0 Å². The van der Waals surface area contributed by atoms with Gasteiger partial charge < -0.3 is 0 Å². The molecule has 64 valence electrons. The molecule has 0 aromatic carbocycles. The molecule has 0 saturated heterocycles. The molecule has 0 heterocycles. The minimum absolute atomic E-state index is 1.12. The highest BCUT2D eigenvalue weighted by Gasteiger charge is 1.80. The predicted octanol–water partition coefficient (Wildman–Crippen LogP) is 4.09.